The second kappa shape index (κ2) is 6.37. The molecule has 0 aliphatic carbocycles. The number of nitrogens with one attached hydrogen (secondary N) is 1. The molecular weight excluding hydrogens is 292 g/mol. The van der Waals surface area contributed by atoms with Gasteiger partial charge in [-0.1, -0.05) is 41.7 Å². The van der Waals surface area contributed by atoms with Crippen LogP contribution in [0.5, 0.6) is 0 Å². The van der Waals surface area contributed by atoms with Gasteiger partial charge in [-0.25, -0.2) is 0 Å². The lowest BCUT2D eigenvalue weighted by molar-refractivity contribution is -0.128. The molecule has 0 saturated carbocycles. The van der Waals surface area contributed by atoms with E-state index in [9.17, 15) is 9.59 Å². The fourth-order valence-electron chi connectivity index (χ4n) is 1.93. The highest BCUT2D eigenvalue weighted by atomic mass is 32.2. The lowest BCUT2D eigenvalue weighted by Gasteiger charge is -2.12. The summed E-state index contributed by atoms with van der Waals surface area (Å²) < 4.78 is 0.561. The Morgan fingerprint density at radius 3 is 2.60 bits per heavy atom. The Hall–Kier alpha value is -1.40. The van der Waals surface area contributed by atoms with Crippen LogP contribution < -0.4 is 5.32 Å². The molecule has 106 valence electrons. The smallest absolute Gasteiger partial charge is 0.242 e. The lowest BCUT2D eigenvalue weighted by Crippen LogP contribution is -2.32. The van der Waals surface area contributed by atoms with Crippen LogP contribution in [0.25, 0.3) is 0 Å². The molecule has 0 aromatic heterocycles. The normalized spacial score (nSPS) is 18.5. The van der Waals surface area contributed by atoms with Gasteiger partial charge >= 0.3 is 0 Å². The van der Waals surface area contributed by atoms with Crippen LogP contribution in [0.1, 0.15) is 18.9 Å². The molecule has 0 radical (unpaired) electrons. The molecule has 0 bridgehead atoms. The van der Waals surface area contributed by atoms with E-state index in [4.69, 9.17) is 12.2 Å². The third-order valence-corrected chi connectivity index (χ3v) is 4.61. The van der Waals surface area contributed by atoms with E-state index in [1.807, 2.05) is 38.1 Å². The number of anilines is 1. The molecule has 1 heterocycles. The summed E-state index contributed by atoms with van der Waals surface area (Å²) in [5, 5.41) is 2.40. The summed E-state index contributed by atoms with van der Waals surface area (Å²) in [7, 11) is 0. The molecule has 1 aliphatic rings. The number of rotatable bonds is 4. The Kier molecular flexibility index (Phi) is 4.77. The minimum Gasteiger partial charge on any atom is -0.326 e. The Balaban J connectivity index is 1.94. The largest absolute Gasteiger partial charge is 0.326 e. The van der Waals surface area contributed by atoms with E-state index >= 15 is 0 Å². The van der Waals surface area contributed by atoms with Gasteiger partial charge in [-0.05, 0) is 26.0 Å². The average molecular weight is 308 g/mol. The summed E-state index contributed by atoms with van der Waals surface area (Å²) in [6.07, 6.45) is 0.147. The number of benzene rings is 1. The van der Waals surface area contributed by atoms with Crippen molar-refractivity contribution >= 4 is 45.8 Å². The Labute approximate surface area is 127 Å². The van der Waals surface area contributed by atoms with Crippen LogP contribution >= 0.6 is 24.0 Å². The molecule has 4 nitrogen and oxygen atoms in total. The fraction of sp³-hybridized carbons (Fsp3) is 0.357. The van der Waals surface area contributed by atoms with Crippen LogP contribution in [-0.2, 0) is 9.59 Å². The monoisotopic (exact) mass is 308 g/mol. The highest BCUT2D eigenvalue weighted by Crippen LogP contribution is 2.29. The first-order valence-electron chi connectivity index (χ1n) is 6.39. The van der Waals surface area contributed by atoms with Crippen molar-refractivity contribution in [2.45, 2.75) is 25.5 Å². The number of hydrogen-bond acceptors (Lipinski definition) is 4. The second-order valence-electron chi connectivity index (χ2n) is 4.57. The minimum absolute atomic E-state index is 0.0680. The molecule has 1 aromatic carbocycles. The number of aryl methyl sites for hydroxylation is 1. The van der Waals surface area contributed by atoms with E-state index in [-0.39, 0.29) is 18.2 Å². The van der Waals surface area contributed by atoms with Gasteiger partial charge in [0.05, 0.1) is 5.25 Å². The van der Waals surface area contributed by atoms with Gasteiger partial charge in [-0.3, -0.25) is 14.5 Å². The standard InChI is InChI=1S/C14H16N2O2S2/c1-3-16-13(18)11(20-14(16)19)8-12(17)15-10-6-4-9(2)5-7-10/h4-7,11H,3,8H2,1-2H3,(H,15,17). The van der Waals surface area contributed by atoms with E-state index < -0.39 is 5.25 Å². The first-order chi connectivity index (χ1) is 9.51. The van der Waals surface area contributed by atoms with E-state index in [2.05, 4.69) is 5.32 Å². The van der Waals surface area contributed by atoms with Crippen molar-refractivity contribution in [2.24, 2.45) is 0 Å². The lowest BCUT2D eigenvalue weighted by atomic mass is 10.2. The highest BCUT2D eigenvalue weighted by Gasteiger charge is 2.37. The van der Waals surface area contributed by atoms with Gasteiger partial charge in [-0.15, -0.1) is 0 Å². The zero-order valence-electron chi connectivity index (χ0n) is 11.4. The van der Waals surface area contributed by atoms with E-state index in [1.165, 1.54) is 11.8 Å². The molecule has 1 aliphatic heterocycles. The van der Waals surface area contributed by atoms with Crippen LogP contribution in [0.4, 0.5) is 5.69 Å². The first-order valence-corrected chi connectivity index (χ1v) is 7.68. The number of thioether (sulfide) groups is 1. The number of nitrogens with zero attached hydrogens (tertiary/aromatic N) is 1. The molecule has 20 heavy (non-hydrogen) atoms. The SMILES string of the molecule is CCN1C(=O)C(CC(=O)Nc2ccc(C)cc2)SC1=S. The van der Waals surface area contributed by atoms with Gasteiger partial charge in [0.2, 0.25) is 11.8 Å². The summed E-state index contributed by atoms with van der Waals surface area (Å²) in [5.74, 6) is -0.234. The van der Waals surface area contributed by atoms with Gasteiger partial charge in [0.1, 0.15) is 4.32 Å². The Morgan fingerprint density at radius 2 is 2.05 bits per heavy atom. The third-order valence-electron chi connectivity index (χ3n) is 3.03. The number of carbonyl (C=O) groups excluding carboxylic acids is 2. The number of hydrogen-bond donors (Lipinski definition) is 1. The molecule has 2 rings (SSSR count). The molecule has 1 unspecified atom stereocenters. The maximum Gasteiger partial charge on any atom is 0.242 e. The van der Waals surface area contributed by atoms with Crippen molar-refractivity contribution in [1.82, 2.24) is 4.90 Å². The van der Waals surface area contributed by atoms with Crippen LogP contribution in [0.2, 0.25) is 0 Å². The van der Waals surface area contributed by atoms with Crippen molar-refractivity contribution in [3.63, 3.8) is 0 Å². The van der Waals surface area contributed by atoms with Gasteiger partial charge in [0.25, 0.3) is 0 Å². The van der Waals surface area contributed by atoms with Crippen molar-refractivity contribution in [3.8, 4) is 0 Å². The molecular formula is C14H16N2O2S2. The number of thiocarbonyl (C=S) groups is 1. The van der Waals surface area contributed by atoms with Crippen LogP contribution in [-0.4, -0.2) is 32.8 Å². The maximum atomic E-state index is 12.0. The van der Waals surface area contributed by atoms with Gasteiger partial charge < -0.3 is 5.32 Å². The van der Waals surface area contributed by atoms with Gasteiger partial charge in [-0.2, -0.15) is 0 Å². The van der Waals surface area contributed by atoms with Crippen molar-refractivity contribution in [3.05, 3.63) is 29.8 Å². The predicted octanol–water partition coefficient (Wildman–Crippen LogP) is 2.57. The fourth-order valence-corrected chi connectivity index (χ4v) is 3.55. The van der Waals surface area contributed by atoms with E-state index in [1.54, 1.807) is 4.90 Å². The van der Waals surface area contributed by atoms with E-state index in [0.717, 1.165) is 11.3 Å². The van der Waals surface area contributed by atoms with Crippen molar-refractivity contribution in [1.29, 1.82) is 0 Å². The topological polar surface area (TPSA) is 49.4 Å². The molecule has 2 amide bonds. The van der Waals surface area contributed by atoms with Crippen LogP contribution in [0.15, 0.2) is 24.3 Å². The van der Waals surface area contributed by atoms with Crippen molar-refractivity contribution in [2.75, 3.05) is 11.9 Å². The first kappa shape index (κ1) is 15.0. The van der Waals surface area contributed by atoms with Crippen LogP contribution in [0, 0.1) is 6.92 Å². The van der Waals surface area contributed by atoms with E-state index in [0.29, 0.717) is 10.9 Å². The van der Waals surface area contributed by atoms with Gasteiger partial charge in [0, 0.05) is 18.7 Å². The van der Waals surface area contributed by atoms with Gasteiger partial charge in [0.15, 0.2) is 0 Å². The predicted molar refractivity (Wildman–Crippen MR) is 85.8 cm³/mol. The molecule has 6 heteroatoms. The number of amides is 2. The maximum absolute atomic E-state index is 12.0. The summed E-state index contributed by atoms with van der Waals surface area (Å²) >= 11 is 6.42. The third kappa shape index (κ3) is 3.37. The average Bonchev–Trinajstić information content (AvgIpc) is 2.67. The Morgan fingerprint density at radius 1 is 1.40 bits per heavy atom. The Bertz CT molecular complexity index is 543. The summed E-state index contributed by atoms with van der Waals surface area (Å²) in [6, 6.07) is 7.55. The quantitative estimate of drug-likeness (QED) is 0.869. The zero-order chi connectivity index (χ0) is 14.7. The molecule has 1 aromatic rings. The molecule has 1 N–H and O–H groups in total. The molecule has 1 fully saturated rings. The molecule has 0 spiro atoms. The summed E-state index contributed by atoms with van der Waals surface area (Å²) in [4.78, 5) is 25.5. The van der Waals surface area contributed by atoms with Crippen LogP contribution in [0.3, 0.4) is 0 Å². The highest BCUT2D eigenvalue weighted by molar-refractivity contribution is 8.24. The minimum atomic E-state index is -0.395. The second-order valence-corrected chi connectivity index (χ2v) is 6.41. The van der Waals surface area contributed by atoms with Crippen molar-refractivity contribution < 1.29 is 9.59 Å². The molecule has 1 saturated heterocycles. The molecule has 1 atom stereocenters. The summed E-state index contributed by atoms with van der Waals surface area (Å²) in [6.45, 7) is 4.42. The zero-order valence-corrected chi connectivity index (χ0v) is 13.0. The number of carbonyl (C=O) groups is 2. The summed E-state index contributed by atoms with van der Waals surface area (Å²) in [5.41, 5.74) is 1.87.